The van der Waals surface area contributed by atoms with Crippen LogP contribution in [-0.2, 0) is 0 Å². The summed E-state index contributed by atoms with van der Waals surface area (Å²) in [6.07, 6.45) is 2.91. The van der Waals surface area contributed by atoms with Crippen molar-refractivity contribution in [2.45, 2.75) is 6.92 Å². The molecule has 0 bridgehead atoms. The van der Waals surface area contributed by atoms with Crippen molar-refractivity contribution in [3.8, 4) is 0 Å². The van der Waals surface area contributed by atoms with Crippen LogP contribution in [0.5, 0.6) is 0 Å². The van der Waals surface area contributed by atoms with Crippen LogP contribution in [0.1, 0.15) is 13.9 Å². The normalized spacial score (nSPS) is 10.9. The van der Waals surface area contributed by atoms with Gasteiger partial charge in [0.1, 0.15) is 0 Å². The van der Waals surface area contributed by atoms with Crippen LogP contribution in [0.25, 0.3) is 0 Å². The zero-order valence-corrected chi connectivity index (χ0v) is 4.81. The first-order valence-electron chi connectivity index (χ1n) is 3.08. The predicted molar refractivity (Wildman–Crippen MR) is 34.5 cm³/mol. The minimum absolute atomic E-state index is 0.542. The maximum absolute atomic E-state index is 7.31. The molecule has 0 aromatic heterocycles. The molecule has 0 unspecified atom stereocenters. The van der Waals surface area contributed by atoms with Gasteiger partial charge in [-0.1, -0.05) is 37.2 Å². The van der Waals surface area contributed by atoms with Gasteiger partial charge in [0.2, 0.25) is 0 Å². The third-order valence-electron chi connectivity index (χ3n) is 0.978. The van der Waals surface area contributed by atoms with Gasteiger partial charge in [-0.05, 0) is 5.56 Å². The fourth-order valence-electron chi connectivity index (χ4n) is 0.549. The molecule has 0 aliphatic heterocycles. The lowest BCUT2D eigenvalue weighted by Crippen LogP contribution is -1.70. The largest absolute Gasteiger partial charge is 0.0626 e. The van der Waals surface area contributed by atoms with Crippen LogP contribution in [0.3, 0.4) is 0 Å². The van der Waals surface area contributed by atoms with Crippen LogP contribution in [0.4, 0.5) is 0 Å². The van der Waals surface area contributed by atoms with Crippen molar-refractivity contribution in [1.29, 1.82) is 0 Å². The summed E-state index contributed by atoms with van der Waals surface area (Å²) in [4.78, 5) is 0. The molecule has 40 valence electrons. The average molecular weight is 105 g/mol. The van der Waals surface area contributed by atoms with Gasteiger partial charge in [-0.2, -0.15) is 0 Å². The second-order valence-corrected chi connectivity index (χ2v) is 1.53. The van der Waals surface area contributed by atoms with Crippen LogP contribution in [0.15, 0.2) is 30.3 Å². The molecule has 1 aromatic rings. The van der Waals surface area contributed by atoms with Gasteiger partial charge in [-0.3, -0.25) is 0 Å². The second-order valence-electron chi connectivity index (χ2n) is 1.53. The minimum atomic E-state index is 0.542. The zero-order chi connectivity index (χ0) is 6.69. The van der Waals surface area contributed by atoms with Crippen LogP contribution < -0.4 is 0 Å². The first kappa shape index (κ1) is 4.13. The van der Waals surface area contributed by atoms with Crippen LogP contribution in [0.2, 0.25) is 0 Å². The van der Waals surface area contributed by atoms with E-state index < -0.39 is 0 Å². The summed E-state index contributed by atoms with van der Waals surface area (Å²) in [5.74, 6) is 0. The van der Waals surface area contributed by atoms with E-state index in [4.69, 9.17) is 1.37 Å². The molecule has 1 rings (SSSR count). The van der Waals surface area contributed by atoms with Crippen LogP contribution in [-0.4, -0.2) is 0 Å². The molecule has 0 N–H and O–H groups in total. The van der Waals surface area contributed by atoms with Crippen molar-refractivity contribution in [3.05, 3.63) is 42.3 Å². The fraction of sp³-hybridized carbons (Fsp3) is 0.125. The van der Waals surface area contributed by atoms with Gasteiger partial charge in [-0.15, -0.1) is 0 Å². The summed E-state index contributed by atoms with van der Waals surface area (Å²) < 4.78 is 7.31. The Morgan fingerprint density at radius 3 is 2.88 bits per heavy atom. The maximum Gasteiger partial charge on any atom is 0.0626 e. The third-order valence-corrected chi connectivity index (χ3v) is 0.978. The highest BCUT2D eigenvalue weighted by atomic mass is 13.9. The molecular formula is C8H8. The Morgan fingerprint density at radius 2 is 2.38 bits per heavy atom. The summed E-state index contributed by atoms with van der Waals surface area (Å²) in [6.45, 7) is 1.81. The molecule has 0 heteroatoms. The Labute approximate surface area is 51.6 Å². The minimum Gasteiger partial charge on any atom is -0.0622 e. The van der Waals surface area contributed by atoms with Gasteiger partial charge in [0, 0.05) is 6.42 Å². The maximum atomic E-state index is 7.31. The lowest BCUT2D eigenvalue weighted by Gasteiger charge is -1.88. The summed E-state index contributed by atoms with van der Waals surface area (Å²) in [5.41, 5.74) is 0.873. The molecule has 0 aliphatic carbocycles. The standard InChI is InChI=1S/C8H8/c1-2-8-6-4-3-5-7-8/h3-7H,1H3/i6D. The average Bonchev–Trinajstić information content (AvgIpc) is 1.89. The molecule has 2 radical (unpaired) electrons. The Morgan fingerprint density at radius 1 is 1.50 bits per heavy atom. The van der Waals surface area contributed by atoms with E-state index in [1.54, 1.807) is 6.07 Å². The molecule has 0 saturated carbocycles. The van der Waals surface area contributed by atoms with Gasteiger partial charge >= 0.3 is 0 Å². The molecule has 0 atom stereocenters. The molecular weight excluding hydrogens is 96.1 g/mol. The summed E-state index contributed by atoms with van der Waals surface area (Å²) >= 11 is 0. The first-order valence-corrected chi connectivity index (χ1v) is 2.58. The summed E-state index contributed by atoms with van der Waals surface area (Å²) in [7, 11) is 0. The number of hydrogen-bond donors (Lipinski definition) is 0. The molecule has 0 heterocycles. The van der Waals surface area contributed by atoms with Gasteiger partial charge < -0.3 is 0 Å². The topological polar surface area (TPSA) is 0 Å². The monoisotopic (exact) mass is 105 g/mol. The highest BCUT2D eigenvalue weighted by Gasteiger charge is 1.81. The van der Waals surface area contributed by atoms with Gasteiger partial charge in [-0.25, -0.2) is 0 Å². The van der Waals surface area contributed by atoms with E-state index in [-0.39, 0.29) is 0 Å². The van der Waals surface area contributed by atoms with Crippen molar-refractivity contribution in [3.63, 3.8) is 0 Å². The quantitative estimate of drug-likeness (QED) is 0.513. The van der Waals surface area contributed by atoms with E-state index in [0.29, 0.717) is 6.04 Å². The summed E-state index contributed by atoms with van der Waals surface area (Å²) in [6, 6.07) is 7.93. The van der Waals surface area contributed by atoms with Crippen molar-refractivity contribution >= 4 is 0 Å². The molecule has 8 heavy (non-hydrogen) atoms. The highest BCUT2D eigenvalue weighted by Crippen LogP contribution is 1.98. The Balaban J connectivity index is 3.01. The van der Waals surface area contributed by atoms with Crippen molar-refractivity contribution < 1.29 is 1.37 Å². The van der Waals surface area contributed by atoms with Gasteiger partial charge in [0.15, 0.2) is 0 Å². The molecule has 0 amide bonds. The van der Waals surface area contributed by atoms with Crippen molar-refractivity contribution in [2.24, 2.45) is 0 Å². The molecule has 0 saturated heterocycles. The SMILES string of the molecule is [2H]c1ccccc1[C]C. The third kappa shape index (κ3) is 1.09. The lowest BCUT2D eigenvalue weighted by atomic mass is 10.2. The van der Waals surface area contributed by atoms with Crippen molar-refractivity contribution in [1.82, 2.24) is 0 Å². The molecule has 0 fully saturated rings. The predicted octanol–water partition coefficient (Wildman–Crippen LogP) is 2.14. The van der Waals surface area contributed by atoms with Crippen LogP contribution >= 0.6 is 0 Å². The molecule has 0 nitrogen and oxygen atoms in total. The van der Waals surface area contributed by atoms with E-state index in [0.717, 1.165) is 5.56 Å². The van der Waals surface area contributed by atoms with Gasteiger partial charge in [0.25, 0.3) is 0 Å². The van der Waals surface area contributed by atoms with Gasteiger partial charge in [0.05, 0.1) is 1.37 Å². The van der Waals surface area contributed by atoms with Crippen LogP contribution in [0, 0.1) is 6.42 Å². The lowest BCUT2D eigenvalue weighted by molar-refractivity contribution is 1.43. The fourth-order valence-corrected chi connectivity index (χ4v) is 0.549. The number of rotatable bonds is 1. The number of benzene rings is 1. The van der Waals surface area contributed by atoms with E-state index in [1.807, 2.05) is 25.1 Å². The van der Waals surface area contributed by atoms with E-state index >= 15 is 0 Å². The Bertz CT molecular complexity index is 194. The van der Waals surface area contributed by atoms with E-state index in [2.05, 4.69) is 6.42 Å². The molecule has 0 aliphatic rings. The smallest absolute Gasteiger partial charge is 0.0622 e. The highest BCUT2D eigenvalue weighted by molar-refractivity contribution is 5.20. The second kappa shape index (κ2) is 2.51. The zero-order valence-electron chi connectivity index (χ0n) is 5.81. The Kier molecular flexibility index (Phi) is 1.30. The number of hydrogen-bond acceptors (Lipinski definition) is 0. The van der Waals surface area contributed by atoms with E-state index in [1.165, 1.54) is 0 Å². The van der Waals surface area contributed by atoms with E-state index in [9.17, 15) is 0 Å². The summed E-state index contributed by atoms with van der Waals surface area (Å²) in [5, 5.41) is 0. The van der Waals surface area contributed by atoms with Crippen molar-refractivity contribution in [2.75, 3.05) is 0 Å². The molecule has 1 aromatic carbocycles. The molecule has 0 spiro atoms. The Hall–Kier alpha value is -0.780. The first-order chi connectivity index (χ1) is 4.34.